The number of methoxy groups -OCH3 is 1. The summed E-state index contributed by atoms with van der Waals surface area (Å²) in [6.45, 7) is 1.38. The van der Waals surface area contributed by atoms with Gasteiger partial charge in [0.05, 0.1) is 11.9 Å². The lowest BCUT2D eigenvalue weighted by molar-refractivity contribution is -0.145. The van der Waals surface area contributed by atoms with Crippen molar-refractivity contribution in [2.45, 2.75) is 18.1 Å². The number of carboxylic acid groups (broad SMARTS) is 1. The van der Waals surface area contributed by atoms with Crippen LogP contribution in [0.5, 0.6) is 0 Å². The Hall–Kier alpha value is -1.11. The molecule has 0 radical (unpaired) electrons. The molecule has 1 saturated carbocycles. The van der Waals surface area contributed by atoms with Crippen molar-refractivity contribution in [3.8, 4) is 0 Å². The zero-order valence-corrected chi connectivity index (χ0v) is 13.3. The summed E-state index contributed by atoms with van der Waals surface area (Å²) >= 11 is 5.83. The Morgan fingerprint density at radius 3 is 2.38 bits per heavy atom. The van der Waals surface area contributed by atoms with Crippen molar-refractivity contribution in [1.29, 1.82) is 0 Å². The highest BCUT2D eigenvalue weighted by Crippen LogP contribution is 2.63. The van der Waals surface area contributed by atoms with Gasteiger partial charge in [0.1, 0.15) is 5.41 Å². The third kappa shape index (κ3) is 2.56. The van der Waals surface area contributed by atoms with Crippen molar-refractivity contribution in [3.05, 3.63) is 34.9 Å². The molecule has 1 aliphatic rings. The first-order valence-corrected chi connectivity index (χ1v) is 8.60. The van der Waals surface area contributed by atoms with E-state index in [0.29, 0.717) is 10.6 Å². The minimum Gasteiger partial charge on any atom is -0.481 e. The second kappa shape index (κ2) is 5.59. The lowest BCUT2D eigenvalue weighted by atomic mass is 10.0. The van der Waals surface area contributed by atoms with Crippen LogP contribution in [0.25, 0.3) is 0 Å². The number of carboxylic acids is 1. The van der Waals surface area contributed by atoms with Crippen LogP contribution in [-0.4, -0.2) is 44.2 Å². The summed E-state index contributed by atoms with van der Waals surface area (Å²) in [6.07, 6.45) is 0. The Kier molecular flexibility index (Phi) is 4.33. The average Bonchev–Trinajstić information content (AvgIpc) is 3.11. The molecule has 116 valence electrons. The summed E-state index contributed by atoms with van der Waals surface area (Å²) < 4.78 is 29.5. The van der Waals surface area contributed by atoms with Gasteiger partial charge in [-0.3, -0.25) is 4.79 Å². The number of hydrogen-bond donors (Lipinski definition) is 1. The monoisotopic (exact) mass is 332 g/mol. The highest BCUT2D eigenvalue weighted by Gasteiger charge is 2.75. The lowest BCUT2D eigenvalue weighted by Crippen LogP contribution is -2.29. The van der Waals surface area contributed by atoms with Crippen LogP contribution in [0.3, 0.4) is 0 Å². The van der Waals surface area contributed by atoms with Gasteiger partial charge in [0, 0.05) is 23.8 Å². The van der Waals surface area contributed by atoms with Crippen LogP contribution in [0, 0.1) is 5.41 Å². The summed E-state index contributed by atoms with van der Waals surface area (Å²) in [4.78, 5) is 11.7. The largest absolute Gasteiger partial charge is 0.481 e. The SMILES string of the molecule is CCS(=O)(=O)C1C(c2ccc(Cl)cc2)C1(COC)C(=O)O. The minimum atomic E-state index is -3.50. The Labute approximate surface area is 128 Å². The number of halogens is 1. The van der Waals surface area contributed by atoms with E-state index in [-0.39, 0.29) is 12.4 Å². The first-order chi connectivity index (χ1) is 9.81. The van der Waals surface area contributed by atoms with Gasteiger partial charge >= 0.3 is 5.97 Å². The molecule has 0 aliphatic heterocycles. The van der Waals surface area contributed by atoms with Crippen LogP contribution < -0.4 is 0 Å². The third-order valence-corrected chi connectivity index (χ3v) is 6.58. The maximum atomic E-state index is 12.3. The van der Waals surface area contributed by atoms with Crippen molar-refractivity contribution in [1.82, 2.24) is 0 Å². The molecule has 7 heteroatoms. The molecule has 2 rings (SSSR count). The number of carbonyl (C=O) groups is 1. The molecule has 21 heavy (non-hydrogen) atoms. The van der Waals surface area contributed by atoms with Crippen LogP contribution in [-0.2, 0) is 19.4 Å². The minimum absolute atomic E-state index is 0.0967. The molecule has 1 aliphatic carbocycles. The molecule has 1 aromatic carbocycles. The molecular formula is C14H17ClO5S. The molecule has 3 atom stereocenters. The molecule has 0 amide bonds. The fourth-order valence-electron chi connectivity index (χ4n) is 2.98. The third-order valence-electron chi connectivity index (χ3n) is 4.06. The molecule has 5 nitrogen and oxygen atoms in total. The Balaban J connectivity index is 2.51. The second-order valence-corrected chi connectivity index (χ2v) is 8.03. The number of aliphatic carboxylic acids is 1. The normalized spacial score (nSPS) is 28.3. The van der Waals surface area contributed by atoms with E-state index in [1.807, 2.05) is 0 Å². The van der Waals surface area contributed by atoms with Gasteiger partial charge in [-0.2, -0.15) is 0 Å². The zero-order chi connectivity index (χ0) is 15.8. The van der Waals surface area contributed by atoms with Gasteiger partial charge in [0.15, 0.2) is 9.84 Å². The fraction of sp³-hybridized carbons (Fsp3) is 0.500. The number of rotatable bonds is 6. The number of sulfone groups is 1. The quantitative estimate of drug-likeness (QED) is 0.861. The Morgan fingerprint density at radius 1 is 1.38 bits per heavy atom. The van der Waals surface area contributed by atoms with E-state index in [1.54, 1.807) is 24.3 Å². The highest BCUT2D eigenvalue weighted by molar-refractivity contribution is 7.92. The van der Waals surface area contributed by atoms with Gasteiger partial charge in [-0.25, -0.2) is 8.42 Å². The second-order valence-electron chi connectivity index (χ2n) is 5.18. The van der Waals surface area contributed by atoms with Crippen LogP contribution in [0.4, 0.5) is 0 Å². The first-order valence-electron chi connectivity index (χ1n) is 6.50. The molecule has 0 heterocycles. The van der Waals surface area contributed by atoms with E-state index in [4.69, 9.17) is 16.3 Å². The van der Waals surface area contributed by atoms with Crippen LogP contribution >= 0.6 is 11.6 Å². The van der Waals surface area contributed by atoms with Crippen molar-refractivity contribution in [2.24, 2.45) is 5.41 Å². The van der Waals surface area contributed by atoms with Crippen molar-refractivity contribution >= 4 is 27.4 Å². The summed E-state index contributed by atoms with van der Waals surface area (Å²) in [5, 5.41) is 9.13. The van der Waals surface area contributed by atoms with E-state index in [9.17, 15) is 18.3 Å². The van der Waals surface area contributed by atoms with Gasteiger partial charge in [0.25, 0.3) is 0 Å². The van der Waals surface area contributed by atoms with Crippen molar-refractivity contribution < 1.29 is 23.1 Å². The molecule has 0 bridgehead atoms. The van der Waals surface area contributed by atoms with E-state index in [2.05, 4.69) is 0 Å². The van der Waals surface area contributed by atoms with Gasteiger partial charge in [0.2, 0.25) is 0 Å². The standard InChI is InChI=1S/C14H17ClO5S/c1-3-21(18,19)12-11(9-4-6-10(15)7-5-9)14(12,8-20-2)13(16)17/h4-7,11-12H,3,8H2,1-2H3,(H,16,17). The van der Waals surface area contributed by atoms with E-state index >= 15 is 0 Å². The molecule has 3 unspecified atom stereocenters. The van der Waals surface area contributed by atoms with Gasteiger partial charge < -0.3 is 9.84 Å². The molecule has 0 saturated heterocycles. The highest BCUT2D eigenvalue weighted by atomic mass is 35.5. The van der Waals surface area contributed by atoms with E-state index in [1.165, 1.54) is 14.0 Å². The van der Waals surface area contributed by atoms with Gasteiger partial charge in [-0.15, -0.1) is 0 Å². The molecular weight excluding hydrogens is 316 g/mol. The average molecular weight is 333 g/mol. The molecule has 1 N–H and O–H groups in total. The number of hydrogen-bond acceptors (Lipinski definition) is 4. The van der Waals surface area contributed by atoms with Crippen LogP contribution in [0.2, 0.25) is 5.02 Å². The van der Waals surface area contributed by atoms with Crippen molar-refractivity contribution in [2.75, 3.05) is 19.5 Å². The molecule has 0 spiro atoms. The summed E-state index contributed by atoms with van der Waals surface area (Å²) in [5.74, 6) is -1.86. The summed E-state index contributed by atoms with van der Waals surface area (Å²) in [7, 11) is -2.13. The van der Waals surface area contributed by atoms with Crippen molar-refractivity contribution in [3.63, 3.8) is 0 Å². The summed E-state index contributed by atoms with van der Waals surface area (Å²) in [6, 6.07) is 6.60. The summed E-state index contributed by atoms with van der Waals surface area (Å²) in [5.41, 5.74) is -0.766. The first kappa shape index (κ1) is 16.3. The molecule has 1 fully saturated rings. The van der Waals surface area contributed by atoms with Gasteiger partial charge in [-0.1, -0.05) is 30.7 Å². The zero-order valence-electron chi connectivity index (χ0n) is 11.7. The predicted octanol–water partition coefficient (Wildman–Crippen LogP) is 1.96. The Morgan fingerprint density at radius 2 is 1.95 bits per heavy atom. The maximum Gasteiger partial charge on any atom is 0.314 e. The Bertz CT molecular complexity index is 640. The molecule has 0 aromatic heterocycles. The lowest BCUT2D eigenvalue weighted by Gasteiger charge is -2.11. The van der Waals surface area contributed by atoms with Gasteiger partial charge in [-0.05, 0) is 17.7 Å². The predicted molar refractivity (Wildman–Crippen MR) is 79.4 cm³/mol. The van der Waals surface area contributed by atoms with Crippen LogP contribution in [0.1, 0.15) is 18.4 Å². The van der Waals surface area contributed by atoms with E-state index < -0.39 is 32.4 Å². The maximum absolute atomic E-state index is 12.3. The van der Waals surface area contributed by atoms with Crippen LogP contribution in [0.15, 0.2) is 24.3 Å². The fourth-order valence-corrected chi connectivity index (χ4v) is 5.16. The topological polar surface area (TPSA) is 80.7 Å². The molecule has 1 aromatic rings. The van der Waals surface area contributed by atoms with E-state index in [0.717, 1.165) is 0 Å². The smallest absolute Gasteiger partial charge is 0.314 e. The number of ether oxygens (including phenoxy) is 1. The number of benzene rings is 1.